The maximum absolute atomic E-state index is 12.3. The first-order valence-corrected chi connectivity index (χ1v) is 6.95. The van der Waals surface area contributed by atoms with Gasteiger partial charge in [-0.3, -0.25) is 4.79 Å². The smallest absolute Gasteiger partial charge is 0.238 e. The fourth-order valence-electron chi connectivity index (χ4n) is 2.50. The summed E-state index contributed by atoms with van der Waals surface area (Å²) in [5.41, 5.74) is 3.16. The van der Waals surface area contributed by atoms with Crippen LogP contribution in [0.25, 0.3) is 22.3 Å². The molecule has 3 rings (SSSR count). The van der Waals surface area contributed by atoms with Gasteiger partial charge < -0.3 is 14.6 Å². The lowest BCUT2D eigenvalue weighted by Crippen LogP contribution is -2.03. The minimum atomic E-state index is -0.632. The topological polar surface area (TPSA) is 70.7 Å². The molecule has 4 heteroatoms. The van der Waals surface area contributed by atoms with Crippen LogP contribution in [0.5, 0.6) is 11.5 Å². The van der Waals surface area contributed by atoms with Crippen LogP contribution in [0.1, 0.15) is 16.7 Å². The van der Waals surface area contributed by atoms with Gasteiger partial charge >= 0.3 is 0 Å². The highest BCUT2D eigenvalue weighted by Gasteiger charge is 2.18. The van der Waals surface area contributed by atoms with Crippen molar-refractivity contribution in [2.24, 2.45) is 0 Å². The second-order valence-electron chi connectivity index (χ2n) is 5.57. The van der Waals surface area contributed by atoms with Crippen molar-refractivity contribution in [1.82, 2.24) is 0 Å². The van der Waals surface area contributed by atoms with Crippen molar-refractivity contribution < 1.29 is 14.6 Å². The summed E-state index contributed by atoms with van der Waals surface area (Å²) in [6, 6.07) is 8.69. The van der Waals surface area contributed by atoms with Crippen LogP contribution in [0.4, 0.5) is 0 Å². The highest BCUT2D eigenvalue weighted by molar-refractivity contribution is 5.87. The van der Waals surface area contributed by atoms with Crippen LogP contribution in [0.3, 0.4) is 0 Å². The van der Waals surface area contributed by atoms with E-state index in [0.29, 0.717) is 5.56 Å². The molecule has 112 valence electrons. The molecule has 1 aromatic heterocycles. The van der Waals surface area contributed by atoms with Crippen LogP contribution in [-0.2, 0) is 0 Å². The van der Waals surface area contributed by atoms with E-state index in [1.54, 1.807) is 19.1 Å². The van der Waals surface area contributed by atoms with Gasteiger partial charge in [0.25, 0.3) is 0 Å². The predicted octanol–water partition coefficient (Wildman–Crippen LogP) is 3.80. The van der Waals surface area contributed by atoms with Crippen LogP contribution in [0, 0.1) is 20.8 Å². The van der Waals surface area contributed by atoms with Crippen molar-refractivity contribution in [3.05, 3.63) is 57.2 Å². The van der Waals surface area contributed by atoms with Crippen LogP contribution >= 0.6 is 0 Å². The van der Waals surface area contributed by atoms with Crippen LogP contribution in [0.2, 0.25) is 0 Å². The van der Waals surface area contributed by atoms with E-state index in [9.17, 15) is 15.0 Å². The van der Waals surface area contributed by atoms with Gasteiger partial charge in [-0.05, 0) is 55.7 Å². The number of benzene rings is 2. The standard InChI is InChI=1S/C18H16O4/c1-9-6-13(19)15-14(7-9)22-18(17(21)16(15)20)12-5-4-10(2)11(3)8-12/h4-8,19,21H,1-3H3. The molecule has 0 spiro atoms. The molecule has 0 unspecified atom stereocenters. The summed E-state index contributed by atoms with van der Waals surface area (Å²) in [6.45, 7) is 5.73. The Balaban J connectivity index is 2.38. The number of aromatic hydroxyl groups is 2. The summed E-state index contributed by atoms with van der Waals surface area (Å²) < 4.78 is 5.71. The second-order valence-corrected chi connectivity index (χ2v) is 5.57. The average molecular weight is 296 g/mol. The minimum absolute atomic E-state index is 0.00400. The van der Waals surface area contributed by atoms with Crippen molar-refractivity contribution >= 4 is 11.0 Å². The maximum atomic E-state index is 12.3. The summed E-state index contributed by atoms with van der Waals surface area (Å²) in [5, 5.41) is 20.1. The van der Waals surface area contributed by atoms with Gasteiger partial charge in [-0.1, -0.05) is 12.1 Å². The normalized spacial score (nSPS) is 11.0. The van der Waals surface area contributed by atoms with E-state index >= 15 is 0 Å². The lowest BCUT2D eigenvalue weighted by atomic mass is 10.0. The van der Waals surface area contributed by atoms with E-state index in [-0.39, 0.29) is 22.5 Å². The zero-order valence-electron chi connectivity index (χ0n) is 12.6. The summed E-state index contributed by atoms with van der Waals surface area (Å²) in [7, 11) is 0. The van der Waals surface area contributed by atoms with Gasteiger partial charge in [-0.2, -0.15) is 0 Å². The quantitative estimate of drug-likeness (QED) is 0.716. The first-order valence-electron chi connectivity index (χ1n) is 6.95. The summed E-state index contributed by atoms with van der Waals surface area (Å²) in [4.78, 5) is 12.3. The van der Waals surface area contributed by atoms with Crippen molar-refractivity contribution in [3.8, 4) is 22.8 Å². The maximum Gasteiger partial charge on any atom is 0.238 e. The van der Waals surface area contributed by atoms with Gasteiger partial charge in [0.1, 0.15) is 16.7 Å². The number of aryl methyl sites for hydroxylation is 3. The van der Waals surface area contributed by atoms with E-state index in [2.05, 4.69) is 0 Å². The van der Waals surface area contributed by atoms with E-state index < -0.39 is 11.2 Å². The molecular weight excluding hydrogens is 280 g/mol. The number of hydrogen-bond acceptors (Lipinski definition) is 4. The Morgan fingerprint density at radius 1 is 0.955 bits per heavy atom. The predicted molar refractivity (Wildman–Crippen MR) is 85.5 cm³/mol. The van der Waals surface area contributed by atoms with E-state index in [1.165, 1.54) is 6.07 Å². The van der Waals surface area contributed by atoms with E-state index in [0.717, 1.165) is 16.7 Å². The molecule has 0 aliphatic heterocycles. The molecule has 2 N–H and O–H groups in total. The number of phenols is 1. The SMILES string of the molecule is Cc1cc(O)c2c(=O)c(O)c(-c3ccc(C)c(C)c3)oc2c1. The molecule has 22 heavy (non-hydrogen) atoms. The molecule has 0 aliphatic carbocycles. The molecule has 0 bridgehead atoms. The molecule has 0 atom stereocenters. The molecule has 0 aliphatic rings. The second kappa shape index (κ2) is 4.91. The van der Waals surface area contributed by atoms with Gasteiger partial charge in [-0.25, -0.2) is 0 Å². The Morgan fingerprint density at radius 2 is 1.68 bits per heavy atom. The van der Waals surface area contributed by atoms with Gasteiger partial charge in [-0.15, -0.1) is 0 Å². The Hall–Kier alpha value is -2.75. The fourth-order valence-corrected chi connectivity index (χ4v) is 2.50. The third kappa shape index (κ3) is 2.13. The molecule has 4 nitrogen and oxygen atoms in total. The Morgan fingerprint density at radius 3 is 2.36 bits per heavy atom. The van der Waals surface area contributed by atoms with Gasteiger partial charge in [0.05, 0.1) is 0 Å². The molecule has 0 saturated carbocycles. The van der Waals surface area contributed by atoms with Gasteiger partial charge in [0, 0.05) is 5.56 Å². The first kappa shape index (κ1) is 14.2. The van der Waals surface area contributed by atoms with Crippen molar-refractivity contribution in [3.63, 3.8) is 0 Å². The monoisotopic (exact) mass is 296 g/mol. The summed E-state index contributed by atoms with van der Waals surface area (Å²) in [6.07, 6.45) is 0. The molecule has 0 saturated heterocycles. The summed E-state index contributed by atoms with van der Waals surface area (Å²) >= 11 is 0. The Labute approximate surface area is 127 Å². The molecule has 1 heterocycles. The third-order valence-corrected chi connectivity index (χ3v) is 3.86. The zero-order valence-corrected chi connectivity index (χ0v) is 12.6. The number of phenolic OH excluding ortho intramolecular Hbond substituents is 1. The molecule has 0 radical (unpaired) electrons. The van der Waals surface area contributed by atoms with Crippen LogP contribution < -0.4 is 5.43 Å². The third-order valence-electron chi connectivity index (χ3n) is 3.86. The number of rotatable bonds is 1. The highest BCUT2D eigenvalue weighted by atomic mass is 16.4. The van der Waals surface area contributed by atoms with E-state index in [4.69, 9.17) is 4.42 Å². The molecule has 0 fully saturated rings. The molecule has 2 aromatic carbocycles. The van der Waals surface area contributed by atoms with Crippen molar-refractivity contribution in [1.29, 1.82) is 0 Å². The van der Waals surface area contributed by atoms with Crippen LogP contribution in [-0.4, -0.2) is 10.2 Å². The first-order chi connectivity index (χ1) is 10.4. The number of hydrogen-bond donors (Lipinski definition) is 2. The van der Waals surface area contributed by atoms with Gasteiger partial charge in [0.15, 0.2) is 5.76 Å². The fraction of sp³-hybridized carbons (Fsp3) is 0.167. The van der Waals surface area contributed by atoms with Gasteiger partial charge in [0.2, 0.25) is 11.2 Å². The Kier molecular flexibility index (Phi) is 3.17. The Bertz CT molecular complexity index is 951. The van der Waals surface area contributed by atoms with Crippen molar-refractivity contribution in [2.45, 2.75) is 20.8 Å². The zero-order chi connectivity index (χ0) is 16.0. The van der Waals surface area contributed by atoms with Crippen molar-refractivity contribution in [2.75, 3.05) is 0 Å². The molecule has 3 aromatic rings. The lowest BCUT2D eigenvalue weighted by molar-refractivity contribution is 0.445. The average Bonchev–Trinajstić information content (AvgIpc) is 2.45. The minimum Gasteiger partial charge on any atom is -0.507 e. The van der Waals surface area contributed by atoms with Crippen LogP contribution in [0.15, 0.2) is 39.5 Å². The molecule has 0 amide bonds. The number of fused-ring (bicyclic) bond motifs is 1. The summed E-state index contributed by atoms with van der Waals surface area (Å²) in [5.74, 6) is -0.564. The highest BCUT2D eigenvalue weighted by Crippen LogP contribution is 2.34. The lowest BCUT2D eigenvalue weighted by Gasteiger charge is -2.09. The van der Waals surface area contributed by atoms with E-state index in [1.807, 2.05) is 26.0 Å². The largest absolute Gasteiger partial charge is 0.507 e. The molecular formula is C18H16O4.